The molecule has 7 nitrogen and oxygen atoms in total. The van der Waals surface area contributed by atoms with Gasteiger partial charge in [0.2, 0.25) is 0 Å². The summed E-state index contributed by atoms with van der Waals surface area (Å²) in [6.45, 7) is 3.32. The first-order valence-corrected chi connectivity index (χ1v) is 7.16. The molecule has 114 valence electrons. The molecule has 0 fully saturated rings. The molecule has 0 radical (unpaired) electrons. The number of carbonyl (C=O) groups is 1. The van der Waals surface area contributed by atoms with Gasteiger partial charge in [-0.15, -0.1) is 11.3 Å². The highest BCUT2D eigenvalue weighted by Crippen LogP contribution is 2.42. The average molecular weight is 310 g/mol. The maximum atomic E-state index is 11.6. The number of ether oxygens (including phenoxy) is 2. The van der Waals surface area contributed by atoms with Crippen LogP contribution in [-0.4, -0.2) is 36.5 Å². The normalized spacial score (nSPS) is 10.4. The van der Waals surface area contributed by atoms with Crippen molar-refractivity contribution in [2.45, 2.75) is 13.5 Å². The molecule has 0 amide bonds. The third-order valence-electron chi connectivity index (χ3n) is 2.86. The van der Waals surface area contributed by atoms with Crippen LogP contribution >= 0.6 is 11.3 Å². The fourth-order valence-corrected chi connectivity index (χ4v) is 2.90. The molecule has 0 aromatic carbocycles. The van der Waals surface area contributed by atoms with Gasteiger partial charge in [-0.2, -0.15) is 5.10 Å². The largest absolute Gasteiger partial charge is 0.492 e. The van der Waals surface area contributed by atoms with E-state index < -0.39 is 5.97 Å². The monoisotopic (exact) mass is 310 g/mol. The summed E-state index contributed by atoms with van der Waals surface area (Å²) in [7, 11) is 2.84. The van der Waals surface area contributed by atoms with Gasteiger partial charge in [0.05, 0.1) is 27.0 Å². The van der Waals surface area contributed by atoms with E-state index in [0.717, 1.165) is 5.56 Å². The van der Waals surface area contributed by atoms with Crippen molar-refractivity contribution in [3.05, 3.63) is 22.8 Å². The number of thiophene rings is 1. The van der Waals surface area contributed by atoms with Crippen LogP contribution in [0.1, 0.15) is 15.2 Å². The van der Waals surface area contributed by atoms with Crippen molar-refractivity contribution >= 4 is 28.0 Å². The zero-order valence-corrected chi connectivity index (χ0v) is 13.0. The minimum Gasteiger partial charge on any atom is -0.492 e. The highest BCUT2D eigenvalue weighted by Gasteiger charge is 2.22. The zero-order valence-electron chi connectivity index (χ0n) is 12.2. The van der Waals surface area contributed by atoms with E-state index in [0.29, 0.717) is 34.4 Å². The van der Waals surface area contributed by atoms with Crippen LogP contribution in [0.2, 0.25) is 0 Å². The molecule has 21 heavy (non-hydrogen) atoms. The Kier molecular flexibility index (Phi) is 4.69. The molecule has 0 atom stereocenters. The maximum absolute atomic E-state index is 11.6. The summed E-state index contributed by atoms with van der Waals surface area (Å²) in [4.78, 5) is 12.0. The highest BCUT2D eigenvalue weighted by atomic mass is 32.1. The van der Waals surface area contributed by atoms with Gasteiger partial charge in [-0.1, -0.05) is 0 Å². The molecule has 0 saturated heterocycles. The number of aryl methyl sites for hydroxylation is 1. The molecule has 0 saturated carbocycles. The number of nitrogen functional groups attached to an aromatic ring is 1. The van der Waals surface area contributed by atoms with Gasteiger partial charge in [0.15, 0.2) is 5.75 Å². The molecule has 8 heteroatoms. The average Bonchev–Trinajstić information content (AvgIpc) is 3.02. The van der Waals surface area contributed by atoms with Crippen molar-refractivity contribution in [1.29, 1.82) is 0 Å². The number of nitrogens with two attached hydrogens (primary N) is 1. The van der Waals surface area contributed by atoms with Gasteiger partial charge >= 0.3 is 5.97 Å². The molecule has 2 heterocycles. The second kappa shape index (κ2) is 6.49. The number of methoxy groups -OCH3 is 2. The first-order chi connectivity index (χ1) is 10.1. The lowest BCUT2D eigenvalue weighted by Gasteiger charge is -2.07. The number of esters is 1. The summed E-state index contributed by atoms with van der Waals surface area (Å²) < 4.78 is 11.8. The number of nitrogens with one attached hydrogen (secondary N) is 1. The third kappa shape index (κ3) is 3.27. The Balaban J connectivity index is 2.07. The van der Waals surface area contributed by atoms with Gasteiger partial charge in [0.1, 0.15) is 15.6 Å². The van der Waals surface area contributed by atoms with E-state index in [1.54, 1.807) is 6.20 Å². The summed E-state index contributed by atoms with van der Waals surface area (Å²) in [5.41, 5.74) is 7.31. The molecule has 0 aliphatic heterocycles. The van der Waals surface area contributed by atoms with Crippen LogP contribution in [0.5, 0.6) is 5.75 Å². The lowest BCUT2D eigenvalue weighted by molar-refractivity contribution is 0.0607. The molecule has 3 N–H and O–H groups in total. The fraction of sp³-hybridized carbons (Fsp3) is 0.385. The van der Waals surface area contributed by atoms with Crippen molar-refractivity contribution in [2.24, 2.45) is 0 Å². The number of carbonyl (C=O) groups excluding carboxylic acids is 1. The SMILES string of the molecule is COC(=O)c1sc(NCCn2cc(C)cn2)c(OC)c1N. The van der Waals surface area contributed by atoms with E-state index >= 15 is 0 Å². The van der Waals surface area contributed by atoms with Gasteiger partial charge < -0.3 is 20.5 Å². The number of rotatable bonds is 6. The van der Waals surface area contributed by atoms with E-state index in [9.17, 15) is 4.79 Å². The summed E-state index contributed by atoms with van der Waals surface area (Å²) in [6.07, 6.45) is 3.76. The van der Waals surface area contributed by atoms with E-state index in [4.69, 9.17) is 15.2 Å². The van der Waals surface area contributed by atoms with Gasteiger partial charge in [0.25, 0.3) is 0 Å². The second-order valence-electron chi connectivity index (χ2n) is 4.41. The van der Waals surface area contributed by atoms with E-state index in [1.807, 2.05) is 17.8 Å². The predicted molar refractivity (Wildman–Crippen MR) is 82.1 cm³/mol. The van der Waals surface area contributed by atoms with Crippen molar-refractivity contribution in [1.82, 2.24) is 9.78 Å². The molecule has 0 aliphatic rings. The molecular weight excluding hydrogens is 292 g/mol. The first kappa shape index (κ1) is 15.2. The number of hydrogen-bond acceptors (Lipinski definition) is 7. The standard InChI is InChI=1S/C13H18N4O3S/c1-8-6-16-17(7-8)5-4-15-12-10(19-2)9(14)11(21-12)13(18)20-3/h6-7,15H,4-5,14H2,1-3H3. The van der Waals surface area contributed by atoms with Crippen LogP contribution in [0.15, 0.2) is 12.4 Å². The van der Waals surface area contributed by atoms with E-state index in [1.165, 1.54) is 25.6 Å². The lowest BCUT2D eigenvalue weighted by Crippen LogP contribution is -2.10. The Morgan fingerprint density at radius 2 is 2.29 bits per heavy atom. The van der Waals surface area contributed by atoms with Crippen LogP contribution in [-0.2, 0) is 11.3 Å². The first-order valence-electron chi connectivity index (χ1n) is 6.34. The van der Waals surface area contributed by atoms with Crippen LogP contribution in [0.25, 0.3) is 0 Å². The lowest BCUT2D eigenvalue weighted by atomic mass is 10.3. The molecule has 2 aromatic heterocycles. The van der Waals surface area contributed by atoms with Crippen LogP contribution in [0.3, 0.4) is 0 Å². The quantitative estimate of drug-likeness (QED) is 0.790. The summed E-state index contributed by atoms with van der Waals surface area (Å²) in [6, 6.07) is 0. The van der Waals surface area contributed by atoms with Crippen LogP contribution in [0.4, 0.5) is 10.7 Å². The molecule has 2 rings (SSSR count). The molecule has 0 bridgehead atoms. The van der Waals surface area contributed by atoms with Crippen LogP contribution in [0, 0.1) is 6.92 Å². The zero-order chi connectivity index (χ0) is 15.4. The highest BCUT2D eigenvalue weighted by molar-refractivity contribution is 7.19. The van der Waals surface area contributed by atoms with Crippen molar-refractivity contribution in [3.63, 3.8) is 0 Å². The Labute approximate surface area is 126 Å². The fourth-order valence-electron chi connectivity index (χ4n) is 1.87. The van der Waals surface area contributed by atoms with Gasteiger partial charge in [-0.3, -0.25) is 4.68 Å². The molecule has 0 spiro atoms. The molecule has 0 aliphatic carbocycles. The molecule has 2 aromatic rings. The maximum Gasteiger partial charge on any atom is 0.350 e. The van der Waals surface area contributed by atoms with E-state index in [2.05, 4.69) is 10.4 Å². The summed E-state index contributed by atoms with van der Waals surface area (Å²) in [5, 5.41) is 8.12. The third-order valence-corrected chi connectivity index (χ3v) is 3.99. The Hall–Kier alpha value is -2.22. The van der Waals surface area contributed by atoms with Crippen molar-refractivity contribution in [3.8, 4) is 5.75 Å². The van der Waals surface area contributed by atoms with Crippen molar-refractivity contribution < 1.29 is 14.3 Å². The number of anilines is 2. The summed E-state index contributed by atoms with van der Waals surface area (Å²) in [5.74, 6) is 0.00333. The minimum absolute atomic E-state index is 0.298. The Morgan fingerprint density at radius 3 is 2.86 bits per heavy atom. The summed E-state index contributed by atoms with van der Waals surface area (Å²) >= 11 is 1.22. The van der Waals surface area contributed by atoms with Gasteiger partial charge in [-0.05, 0) is 12.5 Å². The van der Waals surface area contributed by atoms with Crippen LogP contribution < -0.4 is 15.8 Å². The number of aromatic nitrogens is 2. The topological polar surface area (TPSA) is 91.4 Å². The Morgan fingerprint density at radius 1 is 1.52 bits per heavy atom. The number of nitrogens with zero attached hydrogens (tertiary/aromatic N) is 2. The van der Waals surface area contributed by atoms with Gasteiger partial charge in [-0.25, -0.2) is 4.79 Å². The van der Waals surface area contributed by atoms with Gasteiger partial charge in [0, 0.05) is 12.7 Å². The Bertz CT molecular complexity index is 635. The molecule has 0 unspecified atom stereocenters. The van der Waals surface area contributed by atoms with E-state index in [-0.39, 0.29) is 0 Å². The second-order valence-corrected chi connectivity index (χ2v) is 5.43. The number of hydrogen-bond donors (Lipinski definition) is 2. The smallest absolute Gasteiger partial charge is 0.350 e. The minimum atomic E-state index is -0.466. The predicted octanol–water partition coefficient (Wildman–Crippen LogP) is 1.74. The van der Waals surface area contributed by atoms with Crippen molar-refractivity contribution in [2.75, 3.05) is 31.8 Å². The molecular formula is C13H18N4O3S.